The SMILES string of the molecule is CCn1cnc(S(=O)(=O)N2CCC(CNC)CC2)c1. The van der Waals surface area contributed by atoms with E-state index in [4.69, 9.17) is 0 Å². The molecule has 7 heteroatoms. The first-order valence-corrected chi connectivity index (χ1v) is 8.18. The fraction of sp³-hybridized carbons (Fsp3) is 0.750. The molecule has 6 nitrogen and oxygen atoms in total. The van der Waals surface area contributed by atoms with Crippen molar-refractivity contribution >= 4 is 10.0 Å². The molecule has 0 bridgehead atoms. The standard InChI is InChI=1S/C12H22N4O2S/c1-3-15-9-12(14-10-15)19(17,18)16-6-4-11(5-7-16)8-13-2/h9-11,13H,3-8H2,1-2H3. The molecular formula is C12H22N4O2S. The van der Waals surface area contributed by atoms with Gasteiger partial charge in [0, 0.05) is 25.8 Å². The molecule has 2 rings (SSSR count). The molecule has 0 aromatic carbocycles. The summed E-state index contributed by atoms with van der Waals surface area (Å²) in [5, 5.41) is 3.32. The highest BCUT2D eigenvalue weighted by Crippen LogP contribution is 2.22. The van der Waals surface area contributed by atoms with Crippen LogP contribution in [0.4, 0.5) is 0 Å². The third-order valence-electron chi connectivity index (χ3n) is 3.65. The first-order chi connectivity index (χ1) is 9.07. The van der Waals surface area contributed by atoms with Crippen molar-refractivity contribution < 1.29 is 8.42 Å². The molecule has 2 heterocycles. The fourth-order valence-electron chi connectivity index (χ4n) is 2.42. The summed E-state index contributed by atoms with van der Waals surface area (Å²) in [7, 11) is -1.48. The molecule has 0 aliphatic carbocycles. The van der Waals surface area contributed by atoms with Gasteiger partial charge in [-0.25, -0.2) is 13.4 Å². The summed E-state index contributed by atoms with van der Waals surface area (Å²) in [5.74, 6) is 0.574. The van der Waals surface area contributed by atoms with Crippen LogP contribution in [0, 0.1) is 5.92 Å². The van der Waals surface area contributed by atoms with Gasteiger partial charge in [-0.05, 0) is 39.3 Å². The highest BCUT2D eigenvalue weighted by molar-refractivity contribution is 7.89. The van der Waals surface area contributed by atoms with Gasteiger partial charge in [0.25, 0.3) is 10.0 Å². The van der Waals surface area contributed by atoms with Crippen LogP contribution < -0.4 is 5.32 Å². The number of aromatic nitrogens is 2. The predicted molar refractivity (Wildman–Crippen MR) is 73.3 cm³/mol. The van der Waals surface area contributed by atoms with E-state index in [1.165, 1.54) is 0 Å². The Morgan fingerprint density at radius 1 is 1.42 bits per heavy atom. The summed E-state index contributed by atoms with van der Waals surface area (Å²) in [4.78, 5) is 4.01. The lowest BCUT2D eigenvalue weighted by molar-refractivity contribution is 0.270. The maximum absolute atomic E-state index is 12.4. The molecular weight excluding hydrogens is 264 g/mol. The zero-order valence-corrected chi connectivity index (χ0v) is 12.4. The minimum Gasteiger partial charge on any atom is -0.336 e. The Bertz CT molecular complexity index is 504. The first kappa shape index (κ1) is 14.5. The molecule has 1 aromatic rings. The lowest BCUT2D eigenvalue weighted by Crippen LogP contribution is -2.40. The summed E-state index contributed by atoms with van der Waals surface area (Å²) in [5.41, 5.74) is 0. The maximum atomic E-state index is 12.4. The molecule has 0 amide bonds. The van der Waals surface area contributed by atoms with E-state index in [-0.39, 0.29) is 5.03 Å². The number of sulfonamides is 1. The molecule has 0 spiro atoms. The molecule has 0 saturated carbocycles. The van der Waals surface area contributed by atoms with E-state index in [0.717, 1.165) is 25.9 Å². The minimum absolute atomic E-state index is 0.168. The quantitative estimate of drug-likeness (QED) is 0.857. The minimum atomic E-state index is -3.41. The molecule has 1 N–H and O–H groups in total. The van der Waals surface area contributed by atoms with Crippen LogP contribution in [-0.2, 0) is 16.6 Å². The number of nitrogens with zero attached hydrogens (tertiary/aromatic N) is 3. The monoisotopic (exact) mass is 286 g/mol. The number of nitrogens with one attached hydrogen (secondary N) is 1. The molecule has 108 valence electrons. The average Bonchev–Trinajstić information content (AvgIpc) is 2.89. The third kappa shape index (κ3) is 3.16. The fourth-order valence-corrected chi connectivity index (χ4v) is 3.83. The first-order valence-electron chi connectivity index (χ1n) is 6.74. The second-order valence-corrected chi connectivity index (χ2v) is 6.83. The molecule has 0 radical (unpaired) electrons. The van der Waals surface area contributed by atoms with Crippen molar-refractivity contribution in [2.45, 2.75) is 31.3 Å². The van der Waals surface area contributed by atoms with Gasteiger partial charge in [-0.3, -0.25) is 0 Å². The van der Waals surface area contributed by atoms with Crippen molar-refractivity contribution in [2.75, 3.05) is 26.7 Å². The van der Waals surface area contributed by atoms with Gasteiger partial charge in [-0.2, -0.15) is 4.31 Å². The second kappa shape index (κ2) is 6.02. The van der Waals surface area contributed by atoms with E-state index in [2.05, 4.69) is 10.3 Å². The van der Waals surface area contributed by atoms with Crippen molar-refractivity contribution in [2.24, 2.45) is 5.92 Å². The lowest BCUT2D eigenvalue weighted by atomic mass is 9.98. The zero-order valence-electron chi connectivity index (χ0n) is 11.5. The highest BCUT2D eigenvalue weighted by atomic mass is 32.2. The Morgan fingerprint density at radius 2 is 2.11 bits per heavy atom. The lowest BCUT2D eigenvalue weighted by Gasteiger charge is -2.30. The van der Waals surface area contributed by atoms with Crippen molar-refractivity contribution in [3.8, 4) is 0 Å². The van der Waals surface area contributed by atoms with E-state index >= 15 is 0 Å². The van der Waals surface area contributed by atoms with Gasteiger partial charge in [0.2, 0.25) is 0 Å². The Kier molecular flexibility index (Phi) is 4.59. The van der Waals surface area contributed by atoms with E-state index in [1.807, 2.05) is 14.0 Å². The van der Waals surface area contributed by atoms with Gasteiger partial charge >= 0.3 is 0 Å². The van der Waals surface area contributed by atoms with E-state index in [1.54, 1.807) is 21.4 Å². The van der Waals surface area contributed by atoms with Crippen molar-refractivity contribution in [3.05, 3.63) is 12.5 Å². The van der Waals surface area contributed by atoms with Crippen LogP contribution >= 0.6 is 0 Å². The number of hydrogen-bond acceptors (Lipinski definition) is 4. The average molecular weight is 286 g/mol. The van der Waals surface area contributed by atoms with E-state index in [9.17, 15) is 8.42 Å². The number of aryl methyl sites for hydroxylation is 1. The van der Waals surface area contributed by atoms with Gasteiger partial charge < -0.3 is 9.88 Å². The summed E-state index contributed by atoms with van der Waals surface area (Å²) in [6.07, 6.45) is 5.00. The van der Waals surface area contributed by atoms with Gasteiger partial charge in [0.1, 0.15) is 0 Å². The Balaban J connectivity index is 2.05. The number of hydrogen-bond donors (Lipinski definition) is 1. The number of imidazole rings is 1. The van der Waals surface area contributed by atoms with Crippen molar-refractivity contribution in [3.63, 3.8) is 0 Å². The highest BCUT2D eigenvalue weighted by Gasteiger charge is 2.30. The van der Waals surface area contributed by atoms with Crippen molar-refractivity contribution in [1.29, 1.82) is 0 Å². The summed E-state index contributed by atoms with van der Waals surface area (Å²) < 4.78 is 28.2. The van der Waals surface area contributed by atoms with Crippen molar-refractivity contribution in [1.82, 2.24) is 19.2 Å². The molecule has 1 aliphatic heterocycles. The van der Waals surface area contributed by atoms with Crippen LogP contribution in [0.15, 0.2) is 17.6 Å². The zero-order chi connectivity index (χ0) is 13.9. The van der Waals surface area contributed by atoms with Gasteiger partial charge in [-0.1, -0.05) is 0 Å². The Labute approximate surface area is 114 Å². The third-order valence-corrected chi connectivity index (χ3v) is 5.43. The Morgan fingerprint density at radius 3 is 2.63 bits per heavy atom. The summed E-state index contributed by atoms with van der Waals surface area (Å²) in [6, 6.07) is 0. The van der Waals surface area contributed by atoms with Gasteiger partial charge in [0.15, 0.2) is 5.03 Å². The maximum Gasteiger partial charge on any atom is 0.262 e. The second-order valence-electron chi connectivity index (χ2n) is 4.95. The van der Waals surface area contributed by atoms with Gasteiger partial charge in [0.05, 0.1) is 6.33 Å². The van der Waals surface area contributed by atoms with Crippen LogP contribution in [0.1, 0.15) is 19.8 Å². The largest absolute Gasteiger partial charge is 0.336 e. The van der Waals surface area contributed by atoms with Crippen LogP contribution in [0.25, 0.3) is 0 Å². The molecule has 1 aromatic heterocycles. The summed E-state index contributed by atoms with van der Waals surface area (Å²) >= 11 is 0. The van der Waals surface area contributed by atoms with Crippen LogP contribution in [0.2, 0.25) is 0 Å². The van der Waals surface area contributed by atoms with Crippen LogP contribution in [-0.4, -0.2) is 49.0 Å². The molecule has 1 fully saturated rings. The van der Waals surface area contributed by atoms with Crippen LogP contribution in [0.3, 0.4) is 0 Å². The smallest absolute Gasteiger partial charge is 0.262 e. The molecule has 19 heavy (non-hydrogen) atoms. The number of piperidine rings is 1. The summed E-state index contributed by atoms with van der Waals surface area (Å²) in [6.45, 7) is 4.83. The van der Waals surface area contributed by atoms with Gasteiger partial charge in [-0.15, -0.1) is 0 Å². The Hall–Kier alpha value is -0.920. The van der Waals surface area contributed by atoms with E-state index in [0.29, 0.717) is 19.0 Å². The molecule has 1 aliphatic rings. The molecule has 0 atom stereocenters. The predicted octanol–water partition coefficient (Wildman–Crippen LogP) is 0.523. The number of rotatable bonds is 5. The topological polar surface area (TPSA) is 67.2 Å². The van der Waals surface area contributed by atoms with Crippen LogP contribution in [0.5, 0.6) is 0 Å². The molecule has 1 saturated heterocycles. The normalized spacial score (nSPS) is 18.8. The molecule has 0 unspecified atom stereocenters. The van der Waals surface area contributed by atoms with E-state index < -0.39 is 10.0 Å².